The number of aromatic nitrogens is 2. The van der Waals surface area contributed by atoms with Crippen LogP contribution in [0.5, 0.6) is 5.88 Å². The number of H-pyrrole nitrogens is 1. The van der Waals surface area contributed by atoms with Gasteiger partial charge in [-0.15, -0.1) is 5.10 Å². The molecule has 3 rings (SSSR count). The molecule has 0 bridgehead atoms. The molecule has 2 heterocycles. The second-order valence-corrected chi connectivity index (χ2v) is 6.53. The topological polar surface area (TPSA) is 116 Å². The predicted octanol–water partition coefficient (Wildman–Crippen LogP) is 3.26. The maximum Gasteiger partial charge on any atom is 0.328 e. The zero-order chi connectivity index (χ0) is 20.5. The number of nitrogens with zero attached hydrogens (tertiary/aromatic N) is 2. The van der Waals surface area contributed by atoms with E-state index in [1.165, 1.54) is 12.8 Å². The quantitative estimate of drug-likeness (QED) is 0.629. The van der Waals surface area contributed by atoms with Crippen molar-refractivity contribution in [1.29, 1.82) is 0 Å². The van der Waals surface area contributed by atoms with Crippen molar-refractivity contribution >= 4 is 23.5 Å². The minimum absolute atomic E-state index is 0.0684. The van der Waals surface area contributed by atoms with E-state index in [1.807, 2.05) is 30.3 Å². The number of halogens is 1. The lowest BCUT2D eigenvalue weighted by Crippen LogP contribution is -2.34. The van der Waals surface area contributed by atoms with Crippen LogP contribution in [-0.2, 0) is 9.59 Å². The lowest BCUT2D eigenvalue weighted by molar-refractivity contribution is -0.134. The van der Waals surface area contributed by atoms with Crippen LogP contribution in [0.1, 0.15) is 19.8 Å². The Labute approximate surface area is 167 Å². The fourth-order valence-electron chi connectivity index (χ4n) is 2.64. The summed E-state index contributed by atoms with van der Waals surface area (Å²) in [5.41, 5.74) is 1.98. The second kappa shape index (κ2) is 10.5. The van der Waals surface area contributed by atoms with Crippen molar-refractivity contribution in [2.75, 3.05) is 13.1 Å². The van der Waals surface area contributed by atoms with Crippen LogP contribution >= 0.6 is 11.6 Å². The van der Waals surface area contributed by atoms with Crippen LogP contribution in [0.15, 0.2) is 42.5 Å². The normalized spacial score (nSPS) is 15.1. The number of aliphatic carboxylic acids is 2. The fourth-order valence-corrected chi connectivity index (χ4v) is 2.76. The first-order valence-corrected chi connectivity index (χ1v) is 9.09. The van der Waals surface area contributed by atoms with Gasteiger partial charge < -0.3 is 14.9 Å². The minimum Gasteiger partial charge on any atom is -0.478 e. The van der Waals surface area contributed by atoms with Crippen LogP contribution in [0.2, 0.25) is 5.02 Å². The molecule has 2 aromatic rings. The zero-order valence-electron chi connectivity index (χ0n) is 15.3. The third-order valence-corrected chi connectivity index (χ3v) is 4.28. The number of hydrogen-bond donors (Lipinski definition) is 3. The van der Waals surface area contributed by atoms with Crippen LogP contribution in [0.4, 0.5) is 0 Å². The summed E-state index contributed by atoms with van der Waals surface area (Å²) in [5.74, 6) is -1.88. The Balaban J connectivity index is 0.000000300. The van der Waals surface area contributed by atoms with E-state index >= 15 is 0 Å². The summed E-state index contributed by atoms with van der Waals surface area (Å²) in [5, 5.41) is 23.6. The van der Waals surface area contributed by atoms with Gasteiger partial charge in [-0.1, -0.05) is 23.7 Å². The number of likely N-dealkylation sites (tertiary alicyclic amines) is 1. The highest BCUT2D eigenvalue weighted by Gasteiger charge is 2.20. The van der Waals surface area contributed by atoms with E-state index < -0.39 is 11.9 Å². The van der Waals surface area contributed by atoms with Crippen molar-refractivity contribution in [3.05, 3.63) is 47.5 Å². The van der Waals surface area contributed by atoms with Gasteiger partial charge in [0.05, 0.1) is 5.69 Å². The molecule has 1 aliphatic heterocycles. The number of aromatic amines is 1. The summed E-state index contributed by atoms with van der Waals surface area (Å²) in [6, 6.07) is 9.58. The summed E-state index contributed by atoms with van der Waals surface area (Å²) in [6.45, 7) is 4.28. The van der Waals surface area contributed by atoms with E-state index in [1.54, 1.807) is 0 Å². The van der Waals surface area contributed by atoms with E-state index in [0.29, 0.717) is 18.0 Å². The van der Waals surface area contributed by atoms with Crippen LogP contribution in [-0.4, -0.2) is 56.6 Å². The first-order valence-electron chi connectivity index (χ1n) is 8.71. The largest absolute Gasteiger partial charge is 0.478 e. The van der Waals surface area contributed by atoms with E-state index in [-0.39, 0.29) is 6.23 Å². The molecule has 1 unspecified atom stereocenters. The third-order valence-electron chi connectivity index (χ3n) is 4.02. The maximum absolute atomic E-state index is 9.55. The Morgan fingerprint density at radius 1 is 1.18 bits per heavy atom. The molecule has 0 spiro atoms. The standard InChI is InChI=1S/C15H18ClN3O.C4H4O4/c1-11(19-8-2-3-9-19)20-15-10-14(17-18-15)12-4-6-13(16)7-5-12;5-3(6)1-2-4(7)8/h4-7,10-11H,2-3,8-9H2,1H3,(H,17,18);1-2H,(H,5,6)(H,7,8)/b;2-1-. The monoisotopic (exact) mass is 407 g/mol. The molecule has 0 amide bonds. The van der Waals surface area contributed by atoms with Crippen LogP contribution < -0.4 is 4.74 Å². The molecule has 0 aliphatic carbocycles. The van der Waals surface area contributed by atoms with Crippen molar-refractivity contribution in [3.63, 3.8) is 0 Å². The lowest BCUT2D eigenvalue weighted by atomic mass is 10.2. The summed E-state index contributed by atoms with van der Waals surface area (Å²) < 4.78 is 5.88. The van der Waals surface area contributed by atoms with E-state index in [0.717, 1.165) is 29.4 Å². The van der Waals surface area contributed by atoms with E-state index in [4.69, 9.17) is 26.6 Å². The Morgan fingerprint density at radius 3 is 2.29 bits per heavy atom. The Hall–Kier alpha value is -2.84. The van der Waals surface area contributed by atoms with Crippen molar-refractivity contribution < 1.29 is 24.5 Å². The van der Waals surface area contributed by atoms with Gasteiger partial charge in [0, 0.05) is 36.3 Å². The van der Waals surface area contributed by atoms with Gasteiger partial charge in [-0.25, -0.2) is 9.59 Å². The van der Waals surface area contributed by atoms with Crippen molar-refractivity contribution in [2.24, 2.45) is 0 Å². The maximum atomic E-state index is 9.55. The smallest absolute Gasteiger partial charge is 0.328 e. The highest BCUT2D eigenvalue weighted by molar-refractivity contribution is 6.30. The molecular weight excluding hydrogens is 386 g/mol. The van der Waals surface area contributed by atoms with Crippen LogP contribution in [0.25, 0.3) is 11.3 Å². The Morgan fingerprint density at radius 2 is 1.75 bits per heavy atom. The van der Waals surface area contributed by atoms with Crippen molar-refractivity contribution in [1.82, 2.24) is 15.1 Å². The Kier molecular flexibility index (Phi) is 8.03. The van der Waals surface area contributed by atoms with Crippen LogP contribution in [0.3, 0.4) is 0 Å². The van der Waals surface area contributed by atoms with Crippen molar-refractivity contribution in [2.45, 2.75) is 26.0 Å². The average Bonchev–Trinajstić information content (AvgIpc) is 3.33. The molecule has 28 heavy (non-hydrogen) atoms. The highest BCUT2D eigenvalue weighted by Crippen LogP contribution is 2.24. The van der Waals surface area contributed by atoms with Gasteiger partial charge in [0.25, 0.3) is 0 Å². The third kappa shape index (κ3) is 7.05. The SMILES string of the molecule is CC(Oc1cc(-c2ccc(Cl)cc2)[nH]n1)N1CCCC1.O=C(O)/C=C\C(=O)O. The summed E-state index contributed by atoms with van der Waals surface area (Å²) in [6.07, 6.45) is 3.69. The molecule has 1 aliphatic rings. The molecule has 1 saturated heterocycles. The van der Waals surface area contributed by atoms with Gasteiger partial charge in [-0.2, -0.15) is 0 Å². The summed E-state index contributed by atoms with van der Waals surface area (Å²) in [7, 11) is 0. The number of ether oxygens (including phenoxy) is 1. The highest BCUT2D eigenvalue weighted by atomic mass is 35.5. The minimum atomic E-state index is -1.26. The van der Waals surface area contributed by atoms with Gasteiger partial charge in [-0.05, 0) is 37.5 Å². The fraction of sp³-hybridized carbons (Fsp3) is 0.316. The zero-order valence-corrected chi connectivity index (χ0v) is 16.1. The molecule has 3 N–H and O–H groups in total. The molecule has 1 atom stereocenters. The summed E-state index contributed by atoms with van der Waals surface area (Å²) >= 11 is 5.89. The van der Waals surface area contributed by atoms with Gasteiger partial charge in [0.1, 0.15) is 0 Å². The average molecular weight is 408 g/mol. The number of carboxylic acid groups (broad SMARTS) is 2. The number of hydrogen-bond acceptors (Lipinski definition) is 5. The second-order valence-electron chi connectivity index (χ2n) is 6.10. The number of carboxylic acids is 2. The number of carbonyl (C=O) groups is 2. The first-order chi connectivity index (χ1) is 13.3. The summed E-state index contributed by atoms with van der Waals surface area (Å²) in [4.78, 5) is 21.4. The molecule has 1 fully saturated rings. The molecule has 150 valence electrons. The molecule has 0 saturated carbocycles. The Bertz CT molecular complexity index is 797. The van der Waals surface area contributed by atoms with E-state index in [2.05, 4.69) is 22.0 Å². The van der Waals surface area contributed by atoms with Gasteiger partial charge in [0.15, 0.2) is 6.23 Å². The molecule has 0 radical (unpaired) electrons. The molecular formula is C19H22ClN3O5. The van der Waals surface area contributed by atoms with Gasteiger partial charge >= 0.3 is 11.9 Å². The predicted molar refractivity (Wildman–Crippen MR) is 104 cm³/mol. The molecule has 1 aromatic heterocycles. The van der Waals surface area contributed by atoms with Gasteiger partial charge in [0.2, 0.25) is 5.88 Å². The van der Waals surface area contributed by atoms with E-state index in [9.17, 15) is 9.59 Å². The number of nitrogens with one attached hydrogen (secondary N) is 1. The molecule has 9 heteroatoms. The lowest BCUT2D eigenvalue weighted by Gasteiger charge is -2.23. The van der Waals surface area contributed by atoms with Crippen LogP contribution in [0, 0.1) is 0 Å². The molecule has 1 aromatic carbocycles. The van der Waals surface area contributed by atoms with Gasteiger partial charge in [-0.3, -0.25) is 10.00 Å². The first kappa shape index (κ1) is 21.5. The number of rotatable bonds is 6. The number of benzene rings is 1. The molecule has 8 nitrogen and oxygen atoms in total. The van der Waals surface area contributed by atoms with Crippen molar-refractivity contribution in [3.8, 4) is 17.1 Å².